The van der Waals surface area contributed by atoms with Crippen LogP contribution in [0.2, 0.25) is 0 Å². The van der Waals surface area contributed by atoms with E-state index < -0.39 is 11.7 Å². The number of hydrogen-bond donors (Lipinski definition) is 3. The fourth-order valence-electron chi connectivity index (χ4n) is 3.17. The highest BCUT2D eigenvalue weighted by molar-refractivity contribution is 5.80. The number of nitrogens with one attached hydrogen (secondary N) is 2. The fourth-order valence-corrected chi connectivity index (χ4v) is 3.17. The van der Waals surface area contributed by atoms with Gasteiger partial charge in [-0.05, 0) is 30.9 Å². The van der Waals surface area contributed by atoms with E-state index in [1.165, 1.54) is 12.3 Å². The van der Waals surface area contributed by atoms with Crippen molar-refractivity contribution in [2.75, 3.05) is 38.5 Å². The van der Waals surface area contributed by atoms with Crippen LogP contribution in [0.3, 0.4) is 0 Å². The van der Waals surface area contributed by atoms with Crippen LogP contribution in [0.5, 0.6) is 0 Å². The lowest BCUT2D eigenvalue weighted by atomic mass is 9.95. The van der Waals surface area contributed by atoms with Crippen molar-refractivity contribution in [1.82, 2.24) is 15.2 Å². The molecule has 1 fully saturated rings. The Morgan fingerprint density at radius 1 is 1.44 bits per heavy atom. The SMILES string of the molecule is CN=C(NCCNc1ncccc1C(F)(F)F)N1CCCC(CC(N)=O)C1. The molecular weight excluding hydrogens is 361 g/mol. The molecule has 1 aromatic heterocycles. The van der Waals surface area contributed by atoms with Gasteiger partial charge in [-0.3, -0.25) is 9.79 Å². The standard InChI is InChI=1S/C17H25F3N6O/c1-22-16(26-9-3-4-12(11-26)10-14(21)27)25-8-7-24-15-13(17(18,19)20)5-2-6-23-15/h2,5-6,12H,3-4,7-11H2,1H3,(H2,21,27)(H,22,25)(H,23,24). The lowest BCUT2D eigenvalue weighted by molar-refractivity contribution is -0.137. The first kappa shape index (κ1) is 20.8. The van der Waals surface area contributed by atoms with Crippen LogP contribution in [-0.4, -0.2) is 55.0 Å². The van der Waals surface area contributed by atoms with Crippen molar-refractivity contribution in [2.45, 2.75) is 25.4 Å². The summed E-state index contributed by atoms with van der Waals surface area (Å²) in [6.45, 7) is 2.10. The Labute approximate surface area is 156 Å². The maximum absolute atomic E-state index is 13.0. The van der Waals surface area contributed by atoms with Crippen LogP contribution in [0, 0.1) is 5.92 Å². The molecule has 0 aliphatic carbocycles. The lowest BCUT2D eigenvalue weighted by Crippen LogP contribution is -2.48. The molecule has 1 aliphatic heterocycles. The predicted octanol–water partition coefficient (Wildman–Crippen LogP) is 1.68. The van der Waals surface area contributed by atoms with Crippen LogP contribution < -0.4 is 16.4 Å². The molecule has 7 nitrogen and oxygen atoms in total. The van der Waals surface area contributed by atoms with E-state index >= 15 is 0 Å². The molecule has 0 bridgehead atoms. The summed E-state index contributed by atoms with van der Waals surface area (Å²) in [6.07, 6.45) is -0.924. The molecule has 2 rings (SSSR count). The zero-order valence-electron chi connectivity index (χ0n) is 15.2. The minimum absolute atomic E-state index is 0.191. The molecule has 10 heteroatoms. The van der Waals surface area contributed by atoms with Crippen LogP contribution in [0.25, 0.3) is 0 Å². The summed E-state index contributed by atoms with van der Waals surface area (Å²) >= 11 is 0. The zero-order chi connectivity index (χ0) is 19.9. The van der Waals surface area contributed by atoms with E-state index in [0.29, 0.717) is 25.5 Å². The Balaban J connectivity index is 1.85. The molecule has 2 heterocycles. The van der Waals surface area contributed by atoms with Crippen molar-refractivity contribution in [3.05, 3.63) is 23.9 Å². The van der Waals surface area contributed by atoms with E-state index in [9.17, 15) is 18.0 Å². The maximum Gasteiger partial charge on any atom is 0.419 e. The number of rotatable bonds is 6. The summed E-state index contributed by atoms with van der Waals surface area (Å²) in [6, 6.07) is 2.25. The predicted molar refractivity (Wildman–Crippen MR) is 97.2 cm³/mol. The highest BCUT2D eigenvalue weighted by Gasteiger charge is 2.34. The van der Waals surface area contributed by atoms with Gasteiger partial charge in [-0.1, -0.05) is 0 Å². The Kier molecular flexibility index (Phi) is 7.26. The average molecular weight is 386 g/mol. The molecule has 0 saturated carbocycles. The zero-order valence-corrected chi connectivity index (χ0v) is 15.2. The maximum atomic E-state index is 13.0. The van der Waals surface area contributed by atoms with E-state index in [4.69, 9.17) is 5.73 Å². The van der Waals surface area contributed by atoms with Gasteiger partial charge in [-0.15, -0.1) is 0 Å². The van der Waals surface area contributed by atoms with Gasteiger partial charge in [0, 0.05) is 45.8 Å². The molecule has 1 amide bonds. The largest absolute Gasteiger partial charge is 0.419 e. The van der Waals surface area contributed by atoms with E-state index in [1.54, 1.807) is 7.05 Å². The number of amides is 1. The van der Waals surface area contributed by atoms with Crippen LogP contribution in [0.15, 0.2) is 23.3 Å². The Hall–Kier alpha value is -2.52. The number of piperidine rings is 1. The number of anilines is 1. The van der Waals surface area contributed by atoms with Crippen molar-refractivity contribution in [3.8, 4) is 0 Å². The number of halogens is 3. The smallest absolute Gasteiger partial charge is 0.370 e. The molecule has 1 atom stereocenters. The van der Waals surface area contributed by atoms with Crippen molar-refractivity contribution >= 4 is 17.7 Å². The van der Waals surface area contributed by atoms with Crippen LogP contribution in [0.1, 0.15) is 24.8 Å². The quantitative estimate of drug-likeness (QED) is 0.393. The minimum atomic E-state index is -4.46. The van der Waals surface area contributed by atoms with Crippen molar-refractivity contribution in [1.29, 1.82) is 0 Å². The first-order valence-corrected chi connectivity index (χ1v) is 8.81. The minimum Gasteiger partial charge on any atom is -0.370 e. The number of likely N-dealkylation sites (tertiary alicyclic amines) is 1. The summed E-state index contributed by atoms with van der Waals surface area (Å²) in [7, 11) is 1.65. The van der Waals surface area contributed by atoms with Gasteiger partial charge in [0.05, 0.1) is 5.56 Å². The number of nitrogens with two attached hydrogens (primary N) is 1. The Morgan fingerprint density at radius 2 is 2.22 bits per heavy atom. The van der Waals surface area contributed by atoms with Crippen molar-refractivity contribution in [3.63, 3.8) is 0 Å². The summed E-state index contributed by atoms with van der Waals surface area (Å²) in [5.41, 5.74) is 4.48. The Bertz CT molecular complexity index is 664. The van der Waals surface area contributed by atoms with Gasteiger partial charge in [0.25, 0.3) is 0 Å². The van der Waals surface area contributed by atoms with Crippen LogP contribution in [-0.2, 0) is 11.0 Å². The van der Waals surface area contributed by atoms with Gasteiger partial charge in [-0.25, -0.2) is 4.98 Å². The number of aromatic nitrogens is 1. The molecule has 1 aliphatic rings. The number of guanidine groups is 1. The van der Waals surface area contributed by atoms with Gasteiger partial charge in [0.2, 0.25) is 5.91 Å². The molecule has 150 valence electrons. The third-order valence-corrected chi connectivity index (χ3v) is 4.33. The van der Waals surface area contributed by atoms with Gasteiger partial charge in [-0.2, -0.15) is 13.2 Å². The third-order valence-electron chi connectivity index (χ3n) is 4.33. The normalized spacial score (nSPS) is 18.3. The first-order valence-electron chi connectivity index (χ1n) is 8.81. The molecule has 0 spiro atoms. The third kappa shape index (κ3) is 6.30. The topological polar surface area (TPSA) is 95.6 Å². The first-order chi connectivity index (χ1) is 12.8. The summed E-state index contributed by atoms with van der Waals surface area (Å²) in [5, 5.41) is 5.84. The fraction of sp³-hybridized carbons (Fsp3) is 0.588. The van der Waals surface area contributed by atoms with E-state index in [2.05, 4.69) is 20.6 Å². The van der Waals surface area contributed by atoms with Gasteiger partial charge in [0.15, 0.2) is 5.96 Å². The molecule has 0 radical (unpaired) electrons. The van der Waals surface area contributed by atoms with E-state index in [1.807, 2.05) is 4.90 Å². The van der Waals surface area contributed by atoms with E-state index in [-0.39, 0.29) is 24.2 Å². The van der Waals surface area contributed by atoms with Crippen molar-refractivity contribution < 1.29 is 18.0 Å². The molecule has 0 aromatic carbocycles. The summed E-state index contributed by atoms with van der Waals surface area (Å²) in [4.78, 5) is 21.1. The number of carbonyl (C=O) groups is 1. The molecule has 1 aromatic rings. The second-order valence-electron chi connectivity index (χ2n) is 6.42. The number of nitrogens with zero attached hydrogens (tertiary/aromatic N) is 3. The van der Waals surface area contributed by atoms with E-state index in [0.717, 1.165) is 25.5 Å². The van der Waals surface area contributed by atoms with Gasteiger partial charge >= 0.3 is 6.18 Å². The molecule has 1 saturated heterocycles. The second kappa shape index (κ2) is 9.43. The average Bonchev–Trinajstić information content (AvgIpc) is 2.61. The highest BCUT2D eigenvalue weighted by Crippen LogP contribution is 2.33. The number of aliphatic imine (C=N–C) groups is 1. The van der Waals surface area contributed by atoms with Crippen molar-refractivity contribution in [2.24, 2.45) is 16.6 Å². The van der Waals surface area contributed by atoms with Gasteiger partial charge in [0.1, 0.15) is 5.82 Å². The Morgan fingerprint density at radius 3 is 2.89 bits per heavy atom. The lowest BCUT2D eigenvalue weighted by Gasteiger charge is -2.34. The number of hydrogen-bond acceptors (Lipinski definition) is 4. The van der Waals surface area contributed by atoms with Crippen LogP contribution in [0.4, 0.5) is 19.0 Å². The summed E-state index contributed by atoms with van der Waals surface area (Å²) in [5.74, 6) is 0.338. The molecule has 1 unspecified atom stereocenters. The highest BCUT2D eigenvalue weighted by atomic mass is 19.4. The molecule has 4 N–H and O–H groups in total. The number of carbonyl (C=O) groups excluding carboxylic acids is 1. The molecule has 27 heavy (non-hydrogen) atoms. The number of pyridine rings is 1. The molecular formula is C17H25F3N6O. The second-order valence-corrected chi connectivity index (χ2v) is 6.42. The number of primary amides is 1. The summed E-state index contributed by atoms with van der Waals surface area (Å²) < 4.78 is 38.9. The van der Waals surface area contributed by atoms with Crippen LogP contribution >= 0.6 is 0 Å². The monoisotopic (exact) mass is 386 g/mol. The number of alkyl halides is 3. The van der Waals surface area contributed by atoms with Gasteiger partial charge < -0.3 is 21.3 Å².